The van der Waals surface area contributed by atoms with Crippen LogP contribution in [0.15, 0.2) is 29.4 Å². The summed E-state index contributed by atoms with van der Waals surface area (Å²) in [6.45, 7) is 0. The van der Waals surface area contributed by atoms with E-state index in [4.69, 9.17) is 9.94 Å². The highest BCUT2D eigenvalue weighted by molar-refractivity contribution is 5.95. The molecule has 0 atom stereocenters. The second kappa shape index (κ2) is 3.95. The smallest absolute Gasteiger partial charge is 0.188 e. The molecule has 0 radical (unpaired) electrons. The molecule has 7 nitrogen and oxygen atoms in total. The van der Waals surface area contributed by atoms with Gasteiger partial charge in [-0.15, -0.1) is 5.10 Å². The van der Waals surface area contributed by atoms with Crippen molar-refractivity contribution in [3.8, 4) is 5.75 Å². The van der Waals surface area contributed by atoms with E-state index < -0.39 is 0 Å². The van der Waals surface area contributed by atoms with Gasteiger partial charge in [0.2, 0.25) is 0 Å². The SMILES string of the molecule is COc1ccc2c(c1)cc(C=NO)c1nnnn12. The maximum atomic E-state index is 8.66. The van der Waals surface area contributed by atoms with Crippen LogP contribution in [0.25, 0.3) is 16.6 Å². The van der Waals surface area contributed by atoms with Crippen LogP contribution in [0, 0.1) is 0 Å². The molecule has 90 valence electrons. The molecule has 0 bridgehead atoms. The molecule has 18 heavy (non-hydrogen) atoms. The van der Waals surface area contributed by atoms with Crippen LogP contribution in [-0.2, 0) is 0 Å². The van der Waals surface area contributed by atoms with Gasteiger partial charge >= 0.3 is 0 Å². The molecule has 2 heterocycles. The Bertz CT molecular complexity index is 750. The molecule has 2 aromatic heterocycles. The number of tetrazole rings is 1. The van der Waals surface area contributed by atoms with Crippen LogP contribution in [0.2, 0.25) is 0 Å². The lowest BCUT2D eigenvalue weighted by Crippen LogP contribution is -1.96. The number of ether oxygens (including phenoxy) is 1. The third kappa shape index (κ3) is 1.45. The molecule has 3 rings (SSSR count). The van der Waals surface area contributed by atoms with Crippen molar-refractivity contribution in [1.29, 1.82) is 0 Å². The lowest BCUT2D eigenvalue weighted by Gasteiger charge is -2.05. The number of rotatable bonds is 2. The van der Waals surface area contributed by atoms with Crippen molar-refractivity contribution in [2.75, 3.05) is 7.11 Å². The Morgan fingerprint density at radius 2 is 2.28 bits per heavy atom. The molecule has 1 aromatic carbocycles. The van der Waals surface area contributed by atoms with Gasteiger partial charge in [-0.2, -0.15) is 4.52 Å². The van der Waals surface area contributed by atoms with Crippen molar-refractivity contribution < 1.29 is 9.94 Å². The number of oxime groups is 1. The number of fused-ring (bicyclic) bond motifs is 3. The maximum absolute atomic E-state index is 8.66. The Balaban J connectivity index is 2.43. The third-order valence-electron chi connectivity index (χ3n) is 2.70. The zero-order valence-electron chi connectivity index (χ0n) is 9.48. The molecule has 0 spiro atoms. The monoisotopic (exact) mass is 243 g/mol. The summed E-state index contributed by atoms with van der Waals surface area (Å²) in [5.74, 6) is 0.738. The number of aromatic nitrogens is 4. The van der Waals surface area contributed by atoms with Crippen molar-refractivity contribution >= 4 is 22.8 Å². The Morgan fingerprint density at radius 1 is 1.39 bits per heavy atom. The maximum Gasteiger partial charge on any atom is 0.188 e. The minimum Gasteiger partial charge on any atom is -0.497 e. The highest BCUT2D eigenvalue weighted by atomic mass is 16.5. The Morgan fingerprint density at radius 3 is 3.06 bits per heavy atom. The van der Waals surface area contributed by atoms with Crippen molar-refractivity contribution in [2.45, 2.75) is 0 Å². The first kappa shape index (κ1) is 10.5. The molecule has 7 heteroatoms. The fourth-order valence-electron chi connectivity index (χ4n) is 1.89. The Kier molecular flexibility index (Phi) is 2.30. The summed E-state index contributed by atoms with van der Waals surface area (Å²) in [5, 5.41) is 24.0. The first-order chi connectivity index (χ1) is 8.83. The van der Waals surface area contributed by atoms with E-state index in [0.29, 0.717) is 11.2 Å². The zero-order valence-corrected chi connectivity index (χ0v) is 9.48. The standard InChI is InChI=1S/C11H9N5O2/c1-18-9-2-3-10-7(5-9)4-8(6-12-17)11-13-14-15-16(10)11/h2-6,17H,1H3. The van der Waals surface area contributed by atoms with Gasteiger partial charge in [0, 0.05) is 10.9 Å². The van der Waals surface area contributed by atoms with Crippen LogP contribution in [-0.4, -0.2) is 38.6 Å². The number of hydrogen-bond acceptors (Lipinski definition) is 6. The summed E-state index contributed by atoms with van der Waals surface area (Å²) in [7, 11) is 1.60. The number of benzene rings is 1. The average Bonchev–Trinajstić information content (AvgIpc) is 2.88. The molecule has 0 saturated heterocycles. The molecule has 0 aliphatic heterocycles. The minimum absolute atomic E-state index is 0.533. The summed E-state index contributed by atoms with van der Waals surface area (Å²) < 4.78 is 6.76. The topological polar surface area (TPSA) is 84.9 Å². The van der Waals surface area contributed by atoms with Crippen LogP contribution >= 0.6 is 0 Å². The van der Waals surface area contributed by atoms with E-state index in [1.165, 1.54) is 6.21 Å². The van der Waals surface area contributed by atoms with Gasteiger partial charge < -0.3 is 9.94 Å². The lowest BCUT2D eigenvalue weighted by molar-refractivity contribution is 0.322. The van der Waals surface area contributed by atoms with Crippen molar-refractivity contribution in [1.82, 2.24) is 20.0 Å². The van der Waals surface area contributed by atoms with Crippen LogP contribution < -0.4 is 4.74 Å². The van der Waals surface area contributed by atoms with Crippen LogP contribution in [0.5, 0.6) is 5.75 Å². The highest BCUT2D eigenvalue weighted by Crippen LogP contribution is 2.22. The second-order valence-electron chi connectivity index (χ2n) is 3.68. The number of pyridine rings is 1. The quantitative estimate of drug-likeness (QED) is 0.414. The molecular formula is C11H9N5O2. The van der Waals surface area contributed by atoms with Gasteiger partial charge in [0.1, 0.15) is 5.75 Å². The van der Waals surface area contributed by atoms with Crippen LogP contribution in [0.4, 0.5) is 0 Å². The van der Waals surface area contributed by atoms with E-state index in [1.807, 2.05) is 24.3 Å². The van der Waals surface area contributed by atoms with Gasteiger partial charge in [0.05, 0.1) is 18.8 Å². The predicted molar refractivity (Wildman–Crippen MR) is 64.2 cm³/mol. The fraction of sp³-hybridized carbons (Fsp3) is 0.0909. The van der Waals surface area contributed by atoms with Gasteiger partial charge in [0.25, 0.3) is 0 Å². The van der Waals surface area contributed by atoms with Gasteiger partial charge in [-0.3, -0.25) is 0 Å². The summed E-state index contributed by atoms with van der Waals surface area (Å²) in [6, 6.07) is 7.41. The minimum atomic E-state index is 0.533. The number of methoxy groups -OCH3 is 1. The van der Waals surface area contributed by atoms with E-state index in [-0.39, 0.29) is 0 Å². The van der Waals surface area contributed by atoms with Gasteiger partial charge in [-0.1, -0.05) is 5.16 Å². The molecule has 1 N–H and O–H groups in total. The van der Waals surface area contributed by atoms with Crippen molar-refractivity contribution in [2.24, 2.45) is 5.16 Å². The van der Waals surface area contributed by atoms with Gasteiger partial charge in [0.15, 0.2) is 5.65 Å². The normalized spacial score (nSPS) is 11.6. The van der Waals surface area contributed by atoms with E-state index in [2.05, 4.69) is 20.7 Å². The van der Waals surface area contributed by atoms with Gasteiger partial charge in [-0.25, -0.2) is 0 Å². The number of hydrogen-bond donors (Lipinski definition) is 1. The molecule has 3 aromatic rings. The molecule has 0 amide bonds. The molecule has 0 fully saturated rings. The van der Waals surface area contributed by atoms with Crippen molar-refractivity contribution in [3.05, 3.63) is 29.8 Å². The summed E-state index contributed by atoms with van der Waals surface area (Å²) in [5.41, 5.74) is 2.01. The molecule has 0 aliphatic rings. The highest BCUT2D eigenvalue weighted by Gasteiger charge is 2.09. The number of nitrogens with zero attached hydrogens (tertiary/aromatic N) is 5. The fourth-order valence-corrected chi connectivity index (χ4v) is 1.89. The molecule has 0 unspecified atom stereocenters. The largest absolute Gasteiger partial charge is 0.497 e. The van der Waals surface area contributed by atoms with E-state index >= 15 is 0 Å². The van der Waals surface area contributed by atoms with Gasteiger partial charge in [-0.05, 0) is 34.7 Å². The van der Waals surface area contributed by atoms with Crippen molar-refractivity contribution in [3.63, 3.8) is 0 Å². The summed E-state index contributed by atoms with van der Waals surface area (Å²) in [6.07, 6.45) is 1.30. The summed E-state index contributed by atoms with van der Waals surface area (Å²) >= 11 is 0. The third-order valence-corrected chi connectivity index (χ3v) is 2.70. The predicted octanol–water partition coefficient (Wildman–Crippen LogP) is 1.09. The molecule has 0 saturated carbocycles. The Labute approximate surface area is 101 Å². The molecule has 0 aliphatic carbocycles. The van der Waals surface area contributed by atoms with E-state index in [9.17, 15) is 0 Å². The van der Waals surface area contributed by atoms with Crippen LogP contribution in [0.3, 0.4) is 0 Å². The lowest BCUT2D eigenvalue weighted by atomic mass is 10.1. The van der Waals surface area contributed by atoms with Crippen LogP contribution in [0.1, 0.15) is 5.56 Å². The Hall–Kier alpha value is -2.70. The first-order valence-corrected chi connectivity index (χ1v) is 5.20. The zero-order chi connectivity index (χ0) is 12.5. The van der Waals surface area contributed by atoms with E-state index in [1.54, 1.807) is 11.6 Å². The first-order valence-electron chi connectivity index (χ1n) is 5.20. The second-order valence-corrected chi connectivity index (χ2v) is 3.68. The molecular weight excluding hydrogens is 234 g/mol. The van der Waals surface area contributed by atoms with E-state index in [0.717, 1.165) is 16.7 Å². The summed E-state index contributed by atoms with van der Waals surface area (Å²) in [4.78, 5) is 0. The average molecular weight is 243 g/mol.